The van der Waals surface area contributed by atoms with Crippen LogP contribution in [0.4, 0.5) is 10.1 Å². The average Bonchev–Trinajstić information content (AvgIpc) is 2.54. The molecule has 1 aliphatic rings. The predicted octanol–water partition coefficient (Wildman–Crippen LogP) is 6.29. The van der Waals surface area contributed by atoms with Crippen LogP contribution in [0.1, 0.15) is 56.7 Å². The number of halogens is 1. The topological polar surface area (TPSA) is 3.24 Å². The van der Waals surface area contributed by atoms with Gasteiger partial charge in [-0.05, 0) is 66.0 Å². The van der Waals surface area contributed by atoms with Crippen LogP contribution in [-0.2, 0) is 6.42 Å². The maximum absolute atomic E-state index is 13.1. The Kier molecular flexibility index (Phi) is 4.73. The van der Waals surface area contributed by atoms with Crippen LogP contribution in [0.15, 0.2) is 54.7 Å². The summed E-state index contributed by atoms with van der Waals surface area (Å²) in [4.78, 5) is 2.33. The van der Waals surface area contributed by atoms with Crippen LogP contribution in [-0.4, -0.2) is 6.54 Å². The van der Waals surface area contributed by atoms with Gasteiger partial charge in [0.05, 0.1) is 0 Å². The van der Waals surface area contributed by atoms with E-state index < -0.39 is 0 Å². The Morgan fingerprint density at radius 1 is 1.12 bits per heavy atom. The minimum atomic E-state index is -0.181. The number of hydrogen-bond donors (Lipinski definition) is 0. The second-order valence-corrected chi connectivity index (χ2v) is 8.29. The summed E-state index contributed by atoms with van der Waals surface area (Å²) < 4.78 is 13.1. The van der Waals surface area contributed by atoms with Gasteiger partial charge in [-0.15, -0.1) is 0 Å². The molecule has 0 aromatic heterocycles. The summed E-state index contributed by atoms with van der Waals surface area (Å²) in [7, 11) is 0. The van der Waals surface area contributed by atoms with Crippen molar-refractivity contribution in [1.82, 2.24) is 0 Å². The van der Waals surface area contributed by atoms with E-state index in [2.05, 4.69) is 57.4 Å². The summed E-state index contributed by atoms with van der Waals surface area (Å²) in [6.45, 7) is 14.2. The van der Waals surface area contributed by atoms with Crippen LogP contribution < -0.4 is 4.90 Å². The first-order chi connectivity index (χ1) is 11.8. The normalized spacial score (nSPS) is 17.3. The van der Waals surface area contributed by atoms with Gasteiger partial charge in [-0.25, -0.2) is 4.39 Å². The Morgan fingerprint density at radius 3 is 2.36 bits per heavy atom. The number of rotatable bonds is 3. The lowest BCUT2D eigenvalue weighted by Gasteiger charge is -2.41. The van der Waals surface area contributed by atoms with E-state index in [9.17, 15) is 4.39 Å². The number of allylic oxidation sites excluding steroid dienone is 1. The van der Waals surface area contributed by atoms with Crippen LogP contribution in [0.5, 0.6) is 0 Å². The second kappa shape index (κ2) is 6.67. The van der Waals surface area contributed by atoms with Crippen molar-refractivity contribution in [2.45, 2.75) is 46.5 Å². The van der Waals surface area contributed by atoms with Gasteiger partial charge >= 0.3 is 0 Å². The fourth-order valence-corrected chi connectivity index (χ4v) is 3.91. The lowest BCUT2D eigenvalue weighted by molar-refractivity contribution is 0.300. The number of hydrogen-bond acceptors (Lipinski definition) is 1. The lowest BCUT2D eigenvalue weighted by Crippen LogP contribution is -2.33. The molecule has 1 unspecified atom stereocenters. The SMILES string of the molecule is C=C(C)N1CCC(C(C)(C)C)c2cc(Cc3ccc(F)cc3)ccc21. The minimum Gasteiger partial charge on any atom is -0.346 e. The molecule has 0 amide bonds. The summed E-state index contributed by atoms with van der Waals surface area (Å²) in [5.74, 6) is 0.352. The number of nitrogens with zero attached hydrogens (tertiary/aromatic N) is 1. The molecule has 1 nitrogen and oxygen atoms in total. The fourth-order valence-electron chi connectivity index (χ4n) is 3.91. The molecule has 25 heavy (non-hydrogen) atoms. The van der Waals surface area contributed by atoms with Gasteiger partial charge in [0.25, 0.3) is 0 Å². The lowest BCUT2D eigenvalue weighted by atomic mass is 9.72. The van der Waals surface area contributed by atoms with Crippen molar-refractivity contribution in [3.8, 4) is 0 Å². The van der Waals surface area contributed by atoms with Crippen molar-refractivity contribution >= 4 is 5.69 Å². The zero-order chi connectivity index (χ0) is 18.2. The molecule has 3 rings (SSSR count). The fraction of sp³-hybridized carbons (Fsp3) is 0.391. The molecule has 2 aromatic carbocycles. The average molecular weight is 337 g/mol. The molecule has 0 spiro atoms. The molecule has 0 bridgehead atoms. The van der Waals surface area contributed by atoms with Gasteiger partial charge in [-0.3, -0.25) is 0 Å². The third kappa shape index (κ3) is 3.78. The molecule has 0 saturated heterocycles. The molecule has 2 heteroatoms. The van der Waals surface area contributed by atoms with Gasteiger partial charge in [0.2, 0.25) is 0 Å². The van der Waals surface area contributed by atoms with Crippen molar-refractivity contribution in [2.75, 3.05) is 11.4 Å². The molecule has 1 atom stereocenters. The molecular weight excluding hydrogens is 309 g/mol. The van der Waals surface area contributed by atoms with E-state index in [1.165, 1.54) is 28.9 Å². The van der Waals surface area contributed by atoms with E-state index in [4.69, 9.17) is 0 Å². The van der Waals surface area contributed by atoms with Crippen LogP contribution in [0.3, 0.4) is 0 Å². The molecule has 0 fully saturated rings. The molecule has 1 aliphatic heterocycles. The molecule has 2 aromatic rings. The highest BCUT2D eigenvalue weighted by Gasteiger charge is 2.33. The van der Waals surface area contributed by atoms with Crippen LogP contribution in [0, 0.1) is 11.2 Å². The van der Waals surface area contributed by atoms with Crippen molar-refractivity contribution in [3.05, 3.63) is 77.2 Å². The second-order valence-electron chi connectivity index (χ2n) is 8.29. The minimum absolute atomic E-state index is 0.181. The van der Waals surface area contributed by atoms with E-state index >= 15 is 0 Å². The zero-order valence-corrected chi connectivity index (χ0v) is 15.8. The highest BCUT2D eigenvalue weighted by Crippen LogP contribution is 2.46. The Morgan fingerprint density at radius 2 is 1.76 bits per heavy atom. The molecule has 0 radical (unpaired) electrons. The molecule has 1 heterocycles. The zero-order valence-electron chi connectivity index (χ0n) is 15.8. The highest BCUT2D eigenvalue weighted by atomic mass is 19.1. The highest BCUT2D eigenvalue weighted by molar-refractivity contribution is 5.62. The number of fused-ring (bicyclic) bond motifs is 1. The van der Waals surface area contributed by atoms with Gasteiger partial charge < -0.3 is 4.90 Å². The third-order valence-corrected chi connectivity index (χ3v) is 5.23. The van der Waals surface area contributed by atoms with E-state index in [1.54, 1.807) is 0 Å². The van der Waals surface area contributed by atoms with Crippen molar-refractivity contribution in [3.63, 3.8) is 0 Å². The molecular formula is C23H28FN. The Hall–Kier alpha value is -2.09. The molecule has 132 valence electrons. The first-order valence-corrected chi connectivity index (χ1v) is 9.06. The number of benzene rings is 2. The molecule has 0 aliphatic carbocycles. The summed E-state index contributed by atoms with van der Waals surface area (Å²) in [6.07, 6.45) is 1.97. The third-order valence-electron chi connectivity index (χ3n) is 5.23. The van der Waals surface area contributed by atoms with E-state index in [0.29, 0.717) is 5.92 Å². The Bertz CT molecular complexity index is 768. The quantitative estimate of drug-likeness (QED) is 0.636. The van der Waals surface area contributed by atoms with Gasteiger partial charge in [0.1, 0.15) is 5.82 Å². The predicted molar refractivity (Wildman–Crippen MR) is 105 cm³/mol. The maximum Gasteiger partial charge on any atom is 0.123 e. The Balaban J connectivity index is 1.99. The Labute approximate surface area is 151 Å². The van der Waals surface area contributed by atoms with Crippen molar-refractivity contribution < 1.29 is 4.39 Å². The number of anilines is 1. The van der Waals surface area contributed by atoms with Crippen molar-refractivity contribution in [2.24, 2.45) is 5.41 Å². The summed E-state index contributed by atoms with van der Waals surface area (Å²) in [5, 5.41) is 0. The van der Waals surface area contributed by atoms with E-state index in [0.717, 1.165) is 30.6 Å². The summed E-state index contributed by atoms with van der Waals surface area (Å²) in [6, 6.07) is 13.6. The first kappa shape index (κ1) is 17.7. The smallest absolute Gasteiger partial charge is 0.123 e. The van der Waals surface area contributed by atoms with E-state index in [1.807, 2.05) is 12.1 Å². The molecule has 0 saturated carbocycles. The van der Waals surface area contributed by atoms with Gasteiger partial charge in [-0.2, -0.15) is 0 Å². The van der Waals surface area contributed by atoms with Gasteiger partial charge in [-0.1, -0.05) is 51.6 Å². The molecule has 0 N–H and O–H groups in total. The van der Waals surface area contributed by atoms with Crippen LogP contribution in [0.25, 0.3) is 0 Å². The summed E-state index contributed by atoms with van der Waals surface area (Å²) >= 11 is 0. The van der Waals surface area contributed by atoms with Crippen molar-refractivity contribution in [1.29, 1.82) is 0 Å². The summed E-state index contributed by atoms with van der Waals surface area (Å²) in [5.41, 5.74) is 6.46. The van der Waals surface area contributed by atoms with Crippen LogP contribution >= 0.6 is 0 Å². The largest absolute Gasteiger partial charge is 0.346 e. The monoisotopic (exact) mass is 337 g/mol. The first-order valence-electron chi connectivity index (χ1n) is 9.06. The standard InChI is InChI=1S/C23H28FN/c1-16(2)25-13-12-21(23(3,4)5)20-15-18(8-11-22(20)25)14-17-6-9-19(24)10-7-17/h6-11,15,21H,1,12-14H2,2-5H3. The van der Waals surface area contributed by atoms with Gasteiger partial charge in [0.15, 0.2) is 0 Å². The maximum atomic E-state index is 13.1. The van der Waals surface area contributed by atoms with E-state index in [-0.39, 0.29) is 11.2 Å². The van der Waals surface area contributed by atoms with Gasteiger partial charge in [0, 0.05) is 17.9 Å². The van der Waals surface area contributed by atoms with Crippen LogP contribution in [0.2, 0.25) is 0 Å².